The highest BCUT2D eigenvalue weighted by atomic mass is 16.4. The molecule has 0 atom stereocenters. The van der Waals surface area contributed by atoms with E-state index in [-0.39, 0.29) is 5.56 Å². The van der Waals surface area contributed by atoms with E-state index in [1.54, 1.807) is 12.1 Å². The number of aromatic nitrogens is 1. The Morgan fingerprint density at radius 3 is 2.71 bits per heavy atom. The lowest BCUT2D eigenvalue weighted by atomic mass is 10.0. The van der Waals surface area contributed by atoms with E-state index in [2.05, 4.69) is 10.3 Å². The molecule has 4 heteroatoms. The number of hydrogen-bond acceptors (Lipinski definition) is 3. The van der Waals surface area contributed by atoms with Gasteiger partial charge in [-0.2, -0.15) is 0 Å². The highest BCUT2D eigenvalue weighted by Gasteiger charge is 2.53. The SMILES string of the molecule is O=C(O)c1ccc(NCC2(C3CC3)CC2)nc1. The Hall–Kier alpha value is -1.58. The van der Waals surface area contributed by atoms with Crippen molar-refractivity contribution in [2.45, 2.75) is 25.7 Å². The van der Waals surface area contributed by atoms with Gasteiger partial charge in [-0.3, -0.25) is 0 Å². The molecule has 4 nitrogen and oxygen atoms in total. The molecule has 2 aliphatic rings. The molecule has 0 amide bonds. The van der Waals surface area contributed by atoms with Crippen LogP contribution in [0.25, 0.3) is 0 Å². The van der Waals surface area contributed by atoms with Crippen molar-refractivity contribution in [1.82, 2.24) is 4.98 Å². The average Bonchev–Trinajstić information content (AvgIpc) is 3.17. The highest BCUT2D eigenvalue weighted by Crippen LogP contribution is 2.61. The largest absolute Gasteiger partial charge is 0.478 e. The molecule has 2 saturated carbocycles. The zero-order valence-corrected chi connectivity index (χ0v) is 9.65. The Morgan fingerprint density at radius 1 is 1.47 bits per heavy atom. The van der Waals surface area contributed by atoms with E-state index < -0.39 is 5.97 Å². The van der Waals surface area contributed by atoms with Gasteiger partial charge in [0.2, 0.25) is 0 Å². The fraction of sp³-hybridized carbons (Fsp3) is 0.538. The lowest BCUT2D eigenvalue weighted by Gasteiger charge is -2.15. The van der Waals surface area contributed by atoms with Gasteiger partial charge in [-0.1, -0.05) is 0 Å². The van der Waals surface area contributed by atoms with Crippen molar-refractivity contribution < 1.29 is 9.90 Å². The standard InChI is InChI=1S/C13H16N2O2/c16-12(17)9-1-4-11(14-7-9)15-8-13(5-6-13)10-2-3-10/h1,4,7,10H,2-3,5-6,8H2,(H,14,15)(H,16,17). The molecule has 0 spiro atoms. The molecule has 2 aliphatic carbocycles. The van der Waals surface area contributed by atoms with Crippen LogP contribution in [-0.4, -0.2) is 22.6 Å². The number of carboxylic acid groups (broad SMARTS) is 1. The summed E-state index contributed by atoms with van der Waals surface area (Å²) in [5, 5.41) is 12.1. The molecule has 0 aromatic carbocycles. The zero-order chi connectivity index (χ0) is 11.9. The van der Waals surface area contributed by atoms with Gasteiger partial charge in [0.05, 0.1) is 5.56 Å². The van der Waals surface area contributed by atoms with Crippen LogP contribution in [-0.2, 0) is 0 Å². The minimum absolute atomic E-state index is 0.235. The van der Waals surface area contributed by atoms with Gasteiger partial charge in [0.15, 0.2) is 0 Å². The van der Waals surface area contributed by atoms with Gasteiger partial charge in [-0.15, -0.1) is 0 Å². The summed E-state index contributed by atoms with van der Waals surface area (Å²) in [4.78, 5) is 14.8. The summed E-state index contributed by atoms with van der Waals surface area (Å²) < 4.78 is 0. The number of nitrogens with one attached hydrogen (secondary N) is 1. The van der Waals surface area contributed by atoms with Crippen LogP contribution in [0.3, 0.4) is 0 Å². The van der Waals surface area contributed by atoms with E-state index in [0.29, 0.717) is 5.41 Å². The Morgan fingerprint density at radius 2 is 2.24 bits per heavy atom. The van der Waals surface area contributed by atoms with Crippen LogP contribution in [0.15, 0.2) is 18.3 Å². The van der Waals surface area contributed by atoms with Crippen molar-refractivity contribution in [3.63, 3.8) is 0 Å². The number of carboxylic acids is 1. The third-order valence-electron chi connectivity index (χ3n) is 3.97. The zero-order valence-electron chi connectivity index (χ0n) is 9.65. The Labute approximate surface area is 100 Å². The molecular weight excluding hydrogens is 216 g/mol. The summed E-state index contributed by atoms with van der Waals surface area (Å²) in [6, 6.07) is 3.33. The number of hydrogen-bond donors (Lipinski definition) is 2. The van der Waals surface area contributed by atoms with E-state index in [4.69, 9.17) is 5.11 Å². The van der Waals surface area contributed by atoms with Crippen LogP contribution in [0.2, 0.25) is 0 Å². The minimum atomic E-state index is -0.930. The van der Waals surface area contributed by atoms with Gasteiger partial charge in [0.25, 0.3) is 0 Å². The molecule has 0 unspecified atom stereocenters. The van der Waals surface area contributed by atoms with E-state index in [1.165, 1.54) is 31.9 Å². The molecule has 1 aromatic heterocycles. The van der Waals surface area contributed by atoms with Gasteiger partial charge >= 0.3 is 5.97 Å². The van der Waals surface area contributed by atoms with E-state index in [1.807, 2.05) is 0 Å². The molecule has 3 rings (SSSR count). The number of carbonyl (C=O) groups is 1. The molecule has 2 N–H and O–H groups in total. The first-order valence-corrected chi connectivity index (χ1v) is 6.13. The summed E-state index contributed by atoms with van der Waals surface area (Å²) in [6.45, 7) is 0.983. The number of anilines is 1. The third kappa shape index (κ3) is 2.12. The number of rotatable bonds is 5. The fourth-order valence-corrected chi connectivity index (χ4v) is 2.48. The monoisotopic (exact) mass is 232 g/mol. The summed E-state index contributed by atoms with van der Waals surface area (Å²) in [5.41, 5.74) is 0.770. The first kappa shape index (κ1) is 10.6. The third-order valence-corrected chi connectivity index (χ3v) is 3.97. The van der Waals surface area contributed by atoms with Gasteiger partial charge in [0.1, 0.15) is 5.82 Å². The van der Waals surface area contributed by atoms with Gasteiger partial charge in [-0.25, -0.2) is 9.78 Å². The number of pyridine rings is 1. The van der Waals surface area contributed by atoms with E-state index >= 15 is 0 Å². The van der Waals surface area contributed by atoms with Gasteiger partial charge in [0, 0.05) is 12.7 Å². The van der Waals surface area contributed by atoms with Crippen LogP contribution < -0.4 is 5.32 Å². The highest BCUT2D eigenvalue weighted by molar-refractivity contribution is 5.87. The van der Waals surface area contributed by atoms with Gasteiger partial charge < -0.3 is 10.4 Å². The molecule has 0 saturated heterocycles. The van der Waals surface area contributed by atoms with Crippen molar-refractivity contribution in [3.05, 3.63) is 23.9 Å². The summed E-state index contributed by atoms with van der Waals surface area (Å²) in [6.07, 6.45) is 6.83. The predicted molar refractivity (Wildman–Crippen MR) is 64.1 cm³/mol. The first-order chi connectivity index (χ1) is 8.20. The minimum Gasteiger partial charge on any atom is -0.478 e. The number of nitrogens with zero attached hydrogens (tertiary/aromatic N) is 1. The molecule has 0 radical (unpaired) electrons. The topological polar surface area (TPSA) is 62.2 Å². The quantitative estimate of drug-likeness (QED) is 0.818. The molecule has 0 aliphatic heterocycles. The van der Waals surface area contributed by atoms with Crippen molar-refractivity contribution in [2.75, 3.05) is 11.9 Å². The van der Waals surface area contributed by atoms with E-state index in [0.717, 1.165) is 18.3 Å². The Bertz CT molecular complexity index is 433. The van der Waals surface area contributed by atoms with Gasteiger partial charge in [-0.05, 0) is 49.1 Å². The van der Waals surface area contributed by atoms with Crippen molar-refractivity contribution in [2.24, 2.45) is 11.3 Å². The second-order valence-electron chi connectivity index (χ2n) is 5.23. The predicted octanol–water partition coefficient (Wildman–Crippen LogP) is 2.38. The van der Waals surface area contributed by atoms with Crippen molar-refractivity contribution >= 4 is 11.8 Å². The summed E-state index contributed by atoms with van der Waals surface area (Å²) in [5.74, 6) is 0.774. The maximum Gasteiger partial charge on any atom is 0.337 e. The van der Waals surface area contributed by atoms with Crippen LogP contribution in [0.4, 0.5) is 5.82 Å². The molecule has 90 valence electrons. The first-order valence-electron chi connectivity index (χ1n) is 6.13. The van der Waals surface area contributed by atoms with Crippen molar-refractivity contribution in [3.8, 4) is 0 Å². The molecule has 0 bridgehead atoms. The van der Waals surface area contributed by atoms with Crippen molar-refractivity contribution in [1.29, 1.82) is 0 Å². The second-order valence-corrected chi connectivity index (χ2v) is 5.23. The molecule has 1 heterocycles. The molecular formula is C13H16N2O2. The van der Waals surface area contributed by atoms with Crippen LogP contribution in [0.1, 0.15) is 36.0 Å². The maximum atomic E-state index is 10.7. The van der Waals surface area contributed by atoms with E-state index in [9.17, 15) is 4.79 Å². The van der Waals surface area contributed by atoms with Crippen LogP contribution in [0.5, 0.6) is 0 Å². The summed E-state index contributed by atoms with van der Waals surface area (Å²) >= 11 is 0. The normalized spacial score (nSPS) is 20.9. The molecule has 17 heavy (non-hydrogen) atoms. The average molecular weight is 232 g/mol. The Balaban J connectivity index is 1.59. The lowest BCUT2D eigenvalue weighted by Crippen LogP contribution is -2.18. The lowest BCUT2D eigenvalue weighted by molar-refractivity contribution is 0.0696. The second kappa shape index (κ2) is 3.72. The Kier molecular flexibility index (Phi) is 2.31. The fourth-order valence-electron chi connectivity index (χ4n) is 2.48. The molecule has 2 fully saturated rings. The maximum absolute atomic E-state index is 10.7. The smallest absolute Gasteiger partial charge is 0.337 e. The van der Waals surface area contributed by atoms with Crippen LogP contribution in [0, 0.1) is 11.3 Å². The summed E-state index contributed by atoms with van der Waals surface area (Å²) in [7, 11) is 0. The van der Waals surface area contributed by atoms with Crippen LogP contribution >= 0.6 is 0 Å². The number of aromatic carboxylic acids is 1. The molecule has 1 aromatic rings.